The second-order valence-corrected chi connectivity index (χ2v) is 7.83. The average molecular weight is 432 g/mol. The number of hydrogen-bond acceptors (Lipinski definition) is 6. The van der Waals surface area contributed by atoms with Crippen LogP contribution >= 0.6 is 11.6 Å². The minimum Gasteiger partial charge on any atom is -0.497 e. The third-order valence-corrected chi connectivity index (χ3v) is 5.76. The summed E-state index contributed by atoms with van der Waals surface area (Å²) in [5, 5.41) is 0.363. The average Bonchev–Trinajstić information content (AvgIpc) is 2.81. The predicted octanol–water partition coefficient (Wildman–Crippen LogP) is 3.26. The number of methoxy groups -OCH3 is 1. The largest absolute Gasteiger partial charge is 0.497 e. The zero-order chi connectivity index (χ0) is 20.9. The van der Waals surface area contributed by atoms with Crippen LogP contribution in [-0.2, 0) is 4.74 Å². The molecular formula is C22H26ClN3O4. The molecule has 1 aromatic carbocycles. The lowest BCUT2D eigenvalue weighted by atomic mass is 10.1. The van der Waals surface area contributed by atoms with Crippen LogP contribution in [0, 0.1) is 0 Å². The molecule has 1 aromatic heterocycles. The van der Waals surface area contributed by atoms with E-state index in [-0.39, 0.29) is 12.0 Å². The topological polar surface area (TPSA) is 64.1 Å². The third kappa shape index (κ3) is 4.79. The lowest BCUT2D eigenvalue weighted by Crippen LogP contribution is -2.48. The highest BCUT2D eigenvalue weighted by Gasteiger charge is 2.24. The van der Waals surface area contributed by atoms with Gasteiger partial charge in [0.2, 0.25) is 5.88 Å². The van der Waals surface area contributed by atoms with Crippen LogP contribution in [0.15, 0.2) is 36.5 Å². The van der Waals surface area contributed by atoms with Crippen molar-refractivity contribution in [2.45, 2.75) is 18.9 Å². The molecule has 1 amide bonds. The molecule has 0 spiro atoms. The SMILES string of the molecule is COc1cccc(N2CCN(C(=O)c3cnc(OC4CCOCC4)c(Cl)c3)CC2)c1. The Morgan fingerprint density at radius 1 is 1.17 bits per heavy atom. The van der Waals surface area contributed by atoms with Crippen molar-refractivity contribution in [2.75, 3.05) is 51.4 Å². The lowest BCUT2D eigenvalue weighted by Gasteiger charge is -2.36. The van der Waals surface area contributed by atoms with Gasteiger partial charge in [0, 0.05) is 57.0 Å². The highest BCUT2D eigenvalue weighted by molar-refractivity contribution is 6.32. The molecule has 2 aromatic rings. The summed E-state index contributed by atoms with van der Waals surface area (Å²) >= 11 is 6.35. The van der Waals surface area contributed by atoms with Crippen LogP contribution in [0.1, 0.15) is 23.2 Å². The summed E-state index contributed by atoms with van der Waals surface area (Å²) in [6, 6.07) is 9.62. The molecule has 0 N–H and O–H groups in total. The summed E-state index contributed by atoms with van der Waals surface area (Å²) in [6.07, 6.45) is 3.24. The van der Waals surface area contributed by atoms with Gasteiger partial charge >= 0.3 is 0 Å². The molecule has 2 aliphatic heterocycles. The first-order chi connectivity index (χ1) is 14.6. The molecule has 30 heavy (non-hydrogen) atoms. The number of halogens is 1. The number of nitrogens with zero attached hydrogens (tertiary/aromatic N) is 3. The fourth-order valence-corrected chi connectivity index (χ4v) is 3.95. The minimum atomic E-state index is -0.0627. The second-order valence-electron chi connectivity index (χ2n) is 7.42. The number of rotatable bonds is 5. The maximum Gasteiger partial charge on any atom is 0.255 e. The van der Waals surface area contributed by atoms with Gasteiger partial charge in [-0.3, -0.25) is 4.79 Å². The number of ether oxygens (including phenoxy) is 3. The van der Waals surface area contributed by atoms with E-state index in [2.05, 4.69) is 16.0 Å². The van der Waals surface area contributed by atoms with Gasteiger partial charge in [-0.2, -0.15) is 0 Å². The molecular weight excluding hydrogens is 406 g/mol. The summed E-state index contributed by atoms with van der Waals surface area (Å²) in [6.45, 7) is 4.14. The molecule has 7 nitrogen and oxygen atoms in total. The Kier molecular flexibility index (Phi) is 6.59. The van der Waals surface area contributed by atoms with Gasteiger partial charge in [0.15, 0.2) is 0 Å². The van der Waals surface area contributed by atoms with Crippen LogP contribution in [0.2, 0.25) is 5.02 Å². The van der Waals surface area contributed by atoms with Gasteiger partial charge in [0.1, 0.15) is 16.9 Å². The van der Waals surface area contributed by atoms with Gasteiger partial charge in [-0.05, 0) is 18.2 Å². The van der Waals surface area contributed by atoms with Crippen molar-refractivity contribution < 1.29 is 19.0 Å². The van der Waals surface area contributed by atoms with Crippen molar-refractivity contribution in [3.8, 4) is 11.6 Å². The molecule has 4 rings (SSSR count). The summed E-state index contributed by atoms with van der Waals surface area (Å²) in [5.41, 5.74) is 1.58. The van der Waals surface area contributed by atoms with Gasteiger partial charge in [0.25, 0.3) is 5.91 Å². The van der Waals surface area contributed by atoms with E-state index in [0.29, 0.717) is 42.8 Å². The van der Waals surface area contributed by atoms with Crippen molar-refractivity contribution in [3.05, 3.63) is 47.1 Å². The maximum absolute atomic E-state index is 12.9. The van der Waals surface area contributed by atoms with Crippen LogP contribution in [-0.4, -0.2) is 68.4 Å². The molecule has 0 radical (unpaired) electrons. The summed E-state index contributed by atoms with van der Waals surface area (Å²) in [4.78, 5) is 21.3. The first-order valence-electron chi connectivity index (χ1n) is 10.2. The van der Waals surface area contributed by atoms with Crippen molar-refractivity contribution >= 4 is 23.2 Å². The quantitative estimate of drug-likeness (QED) is 0.724. The molecule has 160 valence electrons. The fraction of sp³-hybridized carbons (Fsp3) is 0.455. The minimum absolute atomic E-state index is 0.0509. The molecule has 8 heteroatoms. The van der Waals surface area contributed by atoms with E-state index < -0.39 is 0 Å². The number of carbonyl (C=O) groups is 1. The number of carbonyl (C=O) groups excluding carboxylic acids is 1. The molecule has 0 aliphatic carbocycles. The number of anilines is 1. The van der Waals surface area contributed by atoms with Crippen molar-refractivity contribution in [2.24, 2.45) is 0 Å². The summed E-state index contributed by atoms with van der Waals surface area (Å²) in [7, 11) is 1.66. The van der Waals surface area contributed by atoms with Crippen LogP contribution in [0.4, 0.5) is 5.69 Å². The van der Waals surface area contributed by atoms with Crippen LogP contribution < -0.4 is 14.4 Å². The molecule has 0 unspecified atom stereocenters. The molecule has 2 fully saturated rings. The van der Waals surface area contributed by atoms with Gasteiger partial charge in [0.05, 0.1) is 25.9 Å². The highest BCUT2D eigenvalue weighted by atomic mass is 35.5. The van der Waals surface area contributed by atoms with Gasteiger partial charge in [-0.15, -0.1) is 0 Å². The molecule has 3 heterocycles. The number of piperazine rings is 1. The smallest absolute Gasteiger partial charge is 0.255 e. The number of amides is 1. The van der Waals surface area contributed by atoms with E-state index in [1.54, 1.807) is 19.4 Å². The number of hydrogen-bond donors (Lipinski definition) is 0. The number of pyridine rings is 1. The predicted molar refractivity (Wildman–Crippen MR) is 115 cm³/mol. The molecule has 2 aliphatic rings. The molecule has 0 atom stereocenters. The lowest BCUT2D eigenvalue weighted by molar-refractivity contribution is 0.0238. The second kappa shape index (κ2) is 9.53. The first-order valence-corrected chi connectivity index (χ1v) is 10.6. The Bertz CT molecular complexity index is 880. The zero-order valence-corrected chi connectivity index (χ0v) is 17.8. The van der Waals surface area contributed by atoms with E-state index in [1.807, 2.05) is 23.1 Å². The zero-order valence-electron chi connectivity index (χ0n) is 17.1. The Morgan fingerprint density at radius 2 is 1.93 bits per heavy atom. The Labute approximate surface area is 181 Å². The molecule has 2 saturated heterocycles. The van der Waals surface area contributed by atoms with E-state index in [0.717, 1.165) is 37.4 Å². The van der Waals surface area contributed by atoms with Crippen molar-refractivity contribution in [1.29, 1.82) is 0 Å². The third-order valence-electron chi connectivity index (χ3n) is 5.49. The van der Waals surface area contributed by atoms with E-state index in [1.165, 1.54) is 0 Å². The Hall–Kier alpha value is -2.51. The first kappa shape index (κ1) is 20.8. The summed E-state index contributed by atoms with van der Waals surface area (Å²) < 4.78 is 16.5. The van der Waals surface area contributed by atoms with Crippen molar-refractivity contribution in [1.82, 2.24) is 9.88 Å². The maximum atomic E-state index is 12.9. The Morgan fingerprint density at radius 3 is 2.63 bits per heavy atom. The molecule has 0 bridgehead atoms. The van der Waals surface area contributed by atoms with Gasteiger partial charge < -0.3 is 24.0 Å². The Balaban J connectivity index is 1.36. The number of benzene rings is 1. The fourth-order valence-electron chi connectivity index (χ4n) is 3.74. The molecule has 0 saturated carbocycles. The van der Waals surface area contributed by atoms with Crippen LogP contribution in [0.5, 0.6) is 11.6 Å². The monoisotopic (exact) mass is 431 g/mol. The standard InChI is InChI=1S/C22H26ClN3O4/c1-28-19-4-2-3-17(14-19)25-7-9-26(10-8-25)22(27)16-13-20(23)21(24-15-16)30-18-5-11-29-12-6-18/h2-4,13-15,18H,5-12H2,1H3. The van der Waals surface area contributed by atoms with E-state index in [4.69, 9.17) is 25.8 Å². The van der Waals surface area contributed by atoms with E-state index in [9.17, 15) is 4.79 Å². The van der Waals surface area contributed by atoms with E-state index >= 15 is 0 Å². The van der Waals surface area contributed by atoms with Crippen molar-refractivity contribution in [3.63, 3.8) is 0 Å². The van der Waals surface area contributed by atoms with Gasteiger partial charge in [-0.25, -0.2) is 4.98 Å². The normalized spacial score (nSPS) is 17.7. The highest BCUT2D eigenvalue weighted by Crippen LogP contribution is 2.27. The van der Waals surface area contributed by atoms with Gasteiger partial charge in [-0.1, -0.05) is 17.7 Å². The van der Waals surface area contributed by atoms with Crippen LogP contribution in [0.3, 0.4) is 0 Å². The van der Waals surface area contributed by atoms with Crippen LogP contribution in [0.25, 0.3) is 0 Å². The number of aromatic nitrogens is 1. The summed E-state index contributed by atoms with van der Waals surface area (Å²) in [5.74, 6) is 1.14.